The van der Waals surface area contributed by atoms with E-state index in [1.54, 1.807) is 0 Å². The van der Waals surface area contributed by atoms with Gasteiger partial charge in [-0.05, 0) is 61.4 Å². The van der Waals surface area contributed by atoms with Crippen molar-refractivity contribution in [1.29, 1.82) is 0 Å². The molecule has 0 saturated carbocycles. The van der Waals surface area contributed by atoms with Gasteiger partial charge in [0.2, 0.25) is 0 Å². The van der Waals surface area contributed by atoms with Crippen LogP contribution in [0.5, 0.6) is 11.5 Å². The summed E-state index contributed by atoms with van der Waals surface area (Å²) in [6.45, 7) is 1.15. The molecule has 2 aromatic carbocycles. The van der Waals surface area contributed by atoms with E-state index in [2.05, 4.69) is 0 Å². The second-order valence-corrected chi connectivity index (χ2v) is 5.17. The monoisotopic (exact) mass is 301 g/mol. The fourth-order valence-corrected chi connectivity index (χ4v) is 1.93. The first-order chi connectivity index (χ1) is 10.6. The summed E-state index contributed by atoms with van der Waals surface area (Å²) >= 11 is 0. The molecular weight excluding hydrogens is 278 g/mol. The third-order valence-electron chi connectivity index (χ3n) is 3.27. The fourth-order valence-electron chi connectivity index (χ4n) is 1.93. The maximum absolute atomic E-state index is 6.05. The van der Waals surface area contributed by atoms with Crippen LogP contribution in [0.3, 0.4) is 0 Å². The van der Waals surface area contributed by atoms with Crippen molar-refractivity contribution in [3.05, 3.63) is 48.5 Å². The first-order valence-electron chi connectivity index (χ1n) is 7.36. The quantitative estimate of drug-likeness (QED) is 0.651. The molecule has 0 aliphatic heterocycles. The van der Waals surface area contributed by atoms with Crippen LogP contribution in [0.15, 0.2) is 48.5 Å². The molecule has 2 aromatic rings. The summed E-state index contributed by atoms with van der Waals surface area (Å²) in [7, 11) is 0. The molecular formula is C17H23N3O2. The summed E-state index contributed by atoms with van der Waals surface area (Å²) in [6.07, 6.45) is 1.55. The van der Waals surface area contributed by atoms with Gasteiger partial charge >= 0.3 is 0 Å². The topological polar surface area (TPSA) is 96.5 Å². The third-order valence-corrected chi connectivity index (χ3v) is 3.27. The third kappa shape index (κ3) is 5.54. The zero-order valence-electron chi connectivity index (χ0n) is 12.6. The van der Waals surface area contributed by atoms with Crippen LogP contribution in [0.1, 0.15) is 12.8 Å². The summed E-state index contributed by atoms with van der Waals surface area (Å²) in [5, 5.41) is 0. The van der Waals surface area contributed by atoms with Crippen LogP contribution in [0, 0.1) is 0 Å². The largest absolute Gasteiger partial charge is 0.494 e. The van der Waals surface area contributed by atoms with Gasteiger partial charge in [0.15, 0.2) is 0 Å². The maximum atomic E-state index is 6.05. The highest BCUT2D eigenvalue weighted by Crippen LogP contribution is 2.15. The van der Waals surface area contributed by atoms with E-state index in [0.717, 1.165) is 35.7 Å². The molecule has 5 nitrogen and oxygen atoms in total. The molecule has 0 spiro atoms. The average Bonchev–Trinajstić information content (AvgIpc) is 2.51. The summed E-state index contributed by atoms with van der Waals surface area (Å²) < 4.78 is 11.2. The second kappa shape index (κ2) is 8.14. The Morgan fingerprint density at radius 1 is 0.682 bits per heavy atom. The minimum Gasteiger partial charge on any atom is -0.494 e. The molecule has 0 atom stereocenters. The van der Waals surface area contributed by atoms with Crippen molar-refractivity contribution in [1.82, 2.24) is 0 Å². The molecule has 0 saturated heterocycles. The molecule has 0 aromatic heterocycles. The Morgan fingerprint density at radius 3 is 1.41 bits per heavy atom. The molecule has 0 unspecified atom stereocenters. The van der Waals surface area contributed by atoms with Gasteiger partial charge in [-0.2, -0.15) is 0 Å². The standard InChI is InChI=1S/C17H23N3O2/c18-13-1-5-16(6-2-13)21-11-9-15(20)10-12-22-17-7-3-14(19)4-8-17/h1-8,15H,9-12,18-20H2. The van der Waals surface area contributed by atoms with Gasteiger partial charge in [0, 0.05) is 17.4 Å². The van der Waals surface area contributed by atoms with Crippen molar-refractivity contribution in [2.45, 2.75) is 18.9 Å². The Balaban J connectivity index is 1.60. The molecule has 0 aliphatic rings. The first kappa shape index (κ1) is 16.0. The number of nitrogens with two attached hydrogens (primary N) is 3. The van der Waals surface area contributed by atoms with Gasteiger partial charge in [0.25, 0.3) is 0 Å². The Morgan fingerprint density at radius 2 is 1.05 bits per heavy atom. The number of hydrogen-bond donors (Lipinski definition) is 3. The molecule has 22 heavy (non-hydrogen) atoms. The van der Waals surface area contributed by atoms with E-state index < -0.39 is 0 Å². The zero-order chi connectivity index (χ0) is 15.8. The van der Waals surface area contributed by atoms with E-state index in [1.165, 1.54) is 0 Å². The summed E-state index contributed by atoms with van der Waals surface area (Å²) in [5.41, 5.74) is 18.7. The highest BCUT2D eigenvalue weighted by Gasteiger charge is 2.04. The van der Waals surface area contributed by atoms with Crippen LogP contribution in [-0.2, 0) is 0 Å². The SMILES string of the molecule is Nc1ccc(OCCC(N)CCOc2ccc(N)cc2)cc1. The van der Waals surface area contributed by atoms with Crippen molar-refractivity contribution >= 4 is 11.4 Å². The van der Waals surface area contributed by atoms with Crippen molar-refractivity contribution in [3.8, 4) is 11.5 Å². The molecule has 0 radical (unpaired) electrons. The summed E-state index contributed by atoms with van der Waals surface area (Å²) in [4.78, 5) is 0. The lowest BCUT2D eigenvalue weighted by Crippen LogP contribution is -2.25. The Labute approximate surface area is 131 Å². The summed E-state index contributed by atoms with van der Waals surface area (Å²) in [6, 6.07) is 14.7. The molecule has 6 N–H and O–H groups in total. The van der Waals surface area contributed by atoms with E-state index in [0.29, 0.717) is 13.2 Å². The molecule has 5 heteroatoms. The molecule has 0 heterocycles. The average molecular weight is 301 g/mol. The van der Waals surface area contributed by atoms with Gasteiger partial charge in [-0.3, -0.25) is 0 Å². The number of ether oxygens (including phenoxy) is 2. The maximum Gasteiger partial charge on any atom is 0.119 e. The van der Waals surface area contributed by atoms with E-state index in [1.807, 2.05) is 48.5 Å². The smallest absolute Gasteiger partial charge is 0.119 e. The number of rotatable bonds is 8. The highest BCUT2D eigenvalue weighted by molar-refractivity contribution is 5.42. The van der Waals surface area contributed by atoms with Crippen LogP contribution >= 0.6 is 0 Å². The molecule has 118 valence electrons. The van der Waals surface area contributed by atoms with Crippen molar-refractivity contribution in [3.63, 3.8) is 0 Å². The number of benzene rings is 2. The fraction of sp³-hybridized carbons (Fsp3) is 0.294. The predicted molar refractivity (Wildman–Crippen MR) is 89.9 cm³/mol. The van der Waals surface area contributed by atoms with Crippen molar-refractivity contribution in [2.75, 3.05) is 24.7 Å². The molecule has 0 aliphatic carbocycles. The van der Waals surface area contributed by atoms with Gasteiger partial charge < -0.3 is 26.7 Å². The molecule has 0 fully saturated rings. The number of anilines is 2. The van der Waals surface area contributed by atoms with E-state index in [-0.39, 0.29) is 6.04 Å². The minimum absolute atomic E-state index is 0.0440. The van der Waals surface area contributed by atoms with E-state index in [9.17, 15) is 0 Å². The van der Waals surface area contributed by atoms with Crippen LogP contribution in [-0.4, -0.2) is 19.3 Å². The highest BCUT2D eigenvalue weighted by atomic mass is 16.5. The minimum atomic E-state index is 0.0440. The molecule has 0 bridgehead atoms. The lowest BCUT2D eigenvalue weighted by molar-refractivity contribution is 0.264. The van der Waals surface area contributed by atoms with Crippen LogP contribution in [0.25, 0.3) is 0 Å². The van der Waals surface area contributed by atoms with Gasteiger partial charge in [-0.25, -0.2) is 0 Å². The Hall–Kier alpha value is -2.40. The van der Waals surface area contributed by atoms with Crippen LogP contribution < -0.4 is 26.7 Å². The molecule has 2 rings (SSSR count). The number of nitrogen functional groups attached to an aromatic ring is 2. The second-order valence-electron chi connectivity index (χ2n) is 5.17. The zero-order valence-corrected chi connectivity index (χ0v) is 12.6. The Kier molecular flexibility index (Phi) is 5.91. The van der Waals surface area contributed by atoms with Gasteiger partial charge in [-0.15, -0.1) is 0 Å². The van der Waals surface area contributed by atoms with E-state index >= 15 is 0 Å². The number of hydrogen-bond acceptors (Lipinski definition) is 5. The van der Waals surface area contributed by atoms with Gasteiger partial charge in [0.05, 0.1) is 13.2 Å². The molecule has 0 amide bonds. The lowest BCUT2D eigenvalue weighted by atomic mass is 10.2. The van der Waals surface area contributed by atoms with Crippen LogP contribution in [0.4, 0.5) is 11.4 Å². The van der Waals surface area contributed by atoms with E-state index in [4.69, 9.17) is 26.7 Å². The van der Waals surface area contributed by atoms with Crippen LogP contribution in [0.2, 0.25) is 0 Å². The van der Waals surface area contributed by atoms with Gasteiger partial charge in [0.1, 0.15) is 11.5 Å². The van der Waals surface area contributed by atoms with Gasteiger partial charge in [-0.1, -0.05) is 0 Å². The summed E-state index contributed by atoms with van der Waals surface area (Å²) in [5.74, 6) is 1.61. The lowest BCUT2D eigenvalue weighted by Gasteiger charge is -2.13. The first-order valence-corrected chi connectivity index (χ1v) is 7.36. The normalized spacial score (nSPS) is 10.6. The Bertz CT molecular complexity index is 504. The predicted octanol–water partition coefficient (Wildman–Crippen LogP) is 2.42. The van der Waals surface area contributed by atoms with Crippen molar-refractivity contribution < 1.29 is 9.47 Å². The van der Waals surface area contributed by atoms with Crippen molar-refractivity contribution in [2.24, 2.45) is 5.73 Å².